The van der Waals surface area contributed by atoms with Crippen LogP contribution in [-0.2, 0) is 20.2 Å². The topological polar surface area (TPSA) is 145 Å². The number of aromatic hydroxyl groups is 1. The van der Waals surface area contributed by atoms with Crippen molar-refractivity contribution in [3.05, 3.63) is 54.1 Å². The van der Waals surface area contributed by atoms with Crippen molar-refractivity contribution in [2.75, 3.05) is 19.0 Å². The highest BCUT2D eigenvalue weighted by Crippen LogP contribution is 2.38. The van der Waals surface area contributed by atoms with Gasteiger partial charge in [-0.25, -0.2) is 0 Å². The number of phenols is 1. The SMILES string of the molecule is CN(C)c1ccc(C=Nc2cc(S(=O)(=O)O)cc3cc(S(=O)(=O)O)cc(O)c23)cc1. The standard InChI is InChI=1S/C19H18N2O7S2/c1-21(2)14-5-3-12(4-6-14)11-20-17-9-15(29(23,24)25)7-13-8-16(30(26,27)28)10-18(22)19(13)17/h3-11,22H,1-2H3,(H,23,24,25)(H,26,27,28). The zero-order valence-electron chi connectivity index (χ0n) is 15.9. The van der Waals surface area contributed by atoms with E-state index in [0.29, 0.717) is 5.56 Å². The van der Waals surface area contributed by atoms with Crippen molar-refractivity contribution in [1.82, 2.24) is 0 Å². The van der Waals surface area contributed by atoms with Crippen molar-refractivity contribution in [2.45, 2.75) is 9.79 Å². The van der Waals surface area contributed by atoms with Crippen LogP contribution in [-0.4, -0.2) is 51.4 Å². The number of nitrogens with zero attached hydrogens (tertiary/aromatic N) is 2. The average Bonchev–Trinajstić information content (AvgIpc) is 2.64. The lowest BCUT2D eigenvalue weighted by Gasteiger charge is -2.12. The van der Waals surface area contributed by atoms with Gasteiger partial charge in [-0.2, -0.15) is 16.8 Å². The van der Waals surface area contributed by atoms with Gasteiger partial charge in [0.15, 0.2) is 0 Å². The molecule has 0 bridgehead atoms. The third kappa shape index (κ3) is 4.60. The number of phenolic OH excluding ortho intramolecular Hbond substituents is 1. The van der Waals surface area contributed by atoms with Crippen LogP contribution >= 0.6 is 0 Å². The van der Waals surface area contributed by atoms with Crippen LogP contribution in [0.15, 0.2) is 63.3 Å². The summed E-state index contributed by atoms with van der Waals surface area (Å²) >= 11 is 0. The lowest BCUT2D eigenvalue weighted by Crippen LogP contribution is -2.08. The van der Waals surface area contributed by atoms with Crippen molar-refractivity contribution in [3.8, 4) is 5.75 Å². The molecule has 3 aromatic carbocycles. The molecule has 0 aromatic heterocycles. The van der Waals surface area contributed by atoms with Crippen LogP contribution in [0.25, 0.3) is 10.8 Å². The Morgan fingerprint density at radius 1 is 0.867 bits per heavy atom. The maximum atomic E-state index is 11.6. The van der Waals surface area contributed by atoms with Crippen LogP contribution in [0.1, 0.15) is 5.56 Å². The van der Waals surface area contributed by atoms with Crippen LogP contribution in [0.3, 0.4) is 0 Å². The van der Waals surface area contributed by atoms with E-state index in [0.717, 1.165) is 30.0 Å². The normalized spacial score (nSPS) is 12.5. The van der Waals surface area contributed by atoms with Crippen molar-refractivity contribution in [1.29, 1.82) is 0 Å². The second kappa shape index (κ2) is 7.69. The molecule has 0 spiro atoms. The Morgan fingerprint density at radius 3 is 1.90 bits per heavy atom. The third-order valence-corrected chi connectivity index (χ3v) is 5.98. The largest absolute Gasteiger partial charge is 0.507 e. The van der Waals surface area contributed by atoms with E-state index in [1.807, 2.05) is 31.1 Å². The summed E-state index contributed by atoms with van der Waals surface area (Å²) < 4.78 is 64.8. The molecular formula is C19H18N2O7S2. The van der Waals surface area contributed by atoms with Gasteiger partial charge in [0.2, 0.25) is 0 Å². The molecule has 3 N–H and O–H groups in total. The molecule has 0 aliphatic carbocycles. The summed E-state index contributed by atoms with van der Waals surface area (Å²) in [5.74, 6) is -0.530. The number of hydrogen-bond donors (Lipinski definition) is 3. The molecule has 0 saturated heterocycles. The van der Waals surface area contributed by atoms with E-state index in [-0.39, 0.29) is 16.5 Å². The molecule has 30 heavy (non-hydrogen) atoms. The predicted octanol–water partition coefficient (Wildman–Crippen LogP) is 2.86. The highest BCUT2D eigenvalue weighted by atomic mass is 32.2. The Bertz CT molecular complexity index is 1360. The van der Waals surface area contributed by atoms with E-state index in [1.54, 1.807) is 12.1 Å². The number of aliphatic imine (C=N–C) groups is 1. The van der Waals surface area contributed by atoms with Gasteiger partial charge in [0.05, 0.1) is 15.5 Å². The Labute approximate surface area is 173 Å². The fraction of sp³-hybridized carbons (Fsp3) is 0.105. The van der Waals surface area contributed by atoms with Crippen molar-refractivity contribution in [2.24, 2.45) is 4.99 Å². The first-order valence-corrected chi connectivity index (χ1v) is 11.3. The van der Waals surface area contributed by atoms with Crippen molar-refractivity contribution >= 4 is 48.6 Å². The summed E-state index contributed by atoms with van der Waals surface area (Å²) in [5.41, 5.74) is 1.62. The summed E-state index contributed by atoms with van der Waals surface area (Å²) in [4.78, 5) is 4.96. The summed E-state index contributed by atoms with van der Waals surface area (Å²) in [6.45, 7) is 0. The predicted molar refractivity (Wildman–Crippen MR) is 113 cm³/mol. The van der Waals surface area contributed by atoms with Crippen molar-refractivity contribution in [3.63, 3.8) is 0 Å². The van der Waals surface area contributed by atoms with Gasteiger partial charge < -0.3 is 10.0 Å². The fourth-order valence-electron chi connectivity index (χ4n) is 2.82. The van der Waals surface area contributed by atoms with Gasteiger partial charge in [0.25, 0.3) is 20.2 Å². The maximum Gasteiger partial charge on any atom is 0.294 e. The Morgan fingerprint density at radius 2 is 1.40 bits per heavy atom. The van der Waals surface area contributed by atoms with Gasteiger partial charge in [0.1, 0.15) is 5.75 Å². The minimum atomic E-state index is -4.66. The average molecular weight is 450 g/mol. The summed E-state index contributed by atoms with van der Waals surface area (Å²) in [7, 11) is -5.53. The van der Waals surface area contributed by atoms with Gasteiger partial charge >= 0.3 is 0 Å². The molecule has 3 aromatic rings. The second-order valence-corrected chi connectivity index (χ2v) is 9.52. The molecular weight excluding hydrogens is 432 g/mol. The van der Waals surface area contributed by atoms with Gasteiger partial charge in [-0.15, -0.1) is 0 Å². The first-order chi connectivity index (χ1) is 13.9. The van der Waals surface area contributed by atoms with Crippen molar-refractivity contribution < 1.29 is 31.0 Å². The molecule has 3 rings (SSSR count). The highest BCUT2D eigenvalue weighted by molar-refractivity contribution is 7.86. The maximum absolute atomic E-state index is 11.6. The van der Waals surface area contributed by atoms with E-state index in [9.17, 15) is 31.0 Å². The molecule has 11 heteroatoms. The molecule has 0 saturated carbocycles. The van der Waals surface area contributed by atoms with E-state index < -0.39 is 35.8 Å². The quantitative estimate of drug-likeness (QED) is 0.397. The molecule has 0 aliphatic rings. The first-order valence-electron chi connectivity index (χ1n) is 8.43. The van der Waals surface area contributed by atoms with Crippen LogP contribution < -0.4 is 4.90 Å². The molecule has 9 nitrogen and oxygen atoms in total. The first kappa shape index (κ1) is 21.7. The fourth-order valence-corrected chi connectivity index (χ4v) is 3.89. The minimum Gasteiger partial charge on any atom is -0.507 e. The lowest BCUT2D eigenvalue weighted by atomic mass is 10.1. The molecule has 0 atom stereocenters. The molecule has 0 fully saturated rings. The highest BCUT2D eigenvalue weighted by Gasteiger charge is 2.19. The van der Waals surface area contributed by atoms with Crippen LogP contribution in [0.4, 0.5) is 11.4 Å². The van der Waals surface area contributed by atoms with Gasteiger partial charge in [-0.1, -0.05) is 12.1 Å². The Balaban J connectivity index is 2.21. The van der Waals surface area contributed by atoms with Crippen LogP contribution in [0.5, 0.6) is 5.75 Å². The molecule has 0 heterocycles. The van der Waals surface area contributed by atoms with Crippen LogP contribution in [0.2, 0.25) is 0 Å². The lowest BCUT2D eigenvalue weighted by molar-refractivity contribution is 0.471. The number of hydrogen-bond acceptors (Lipinski definition) is 7. The number of fused-ring (bicyclic) bond motifs is 1. The number of benzene rings is 3. The van der Waals surface area contributed by atoms with E-state index in [4.69, 9.17) is 0 Å². The van der Waals surface area contributed by atoms with E-state index in [1.165, 1.54) is 6.21 Å². The summed E-state index contributed by atoms with van der Waals surface area (Å²) in [5, 5.41) is 10.3. The monoisotopic (exact) mass is 450 g/mol. The minimum absolute atomic E-state index is 0.0174. The zero-order valence-corrected chi connectivity index (χ0v) is 17.5. The Hall–Kier alpha value is -2.99. The zero-order chi connectivity index (χ0) is 22.3. The van der Waals surface area contributed by atoms with E-state index in [2.05, 4.69) is 4.99 Å². The molecule has 0 amide bonds. The summed E-state index contributed by atoms with van der Waals surface area (Å²) in [6, 6.07) is 11.1. The number of anilines is 1. The van der Waals surface area contributed by atoms with Gasteiger partial charge in [-0.05, 0) is 41.3 Å². The van der Waals surface area contributed by atoms with Gasteiger partial charge in [0, 0.05) is 37.4 Å². The molecule has 0 aliphatic heterocycles. The van der Waals surface area contributed by atoms with E-state index >= 15 is 0 Å². The smallest absolute Gasteiger partial charge is 0.294 e. The second-order valence-electron chi connectivity index (χ2n) is 6.68. The molecule has 158 valence electrons. The summed E-state index contributed by atoms with van der Waals surface area (Å²) in [6.07, 6.45) is 1.43. The molecule has 0 radical (unpaired) electrons. The van der Waals surface area contributed by atoms with Gasteiger partial charge in [-0.3, -0.25) is 14.1 Å². The molecule has 0 unspecified atom stereocenters. The third-order valence-electron chi connectivity index (χ3n) is 4.31. The van der Waals surface area contributed by atoms with Crippen LogP contribution in [0, 0.1) is 0 Å². The number of rotatable bonds is 5. The Kier molecular flexibility index (Phi) is 5.56.